The molecule has 186 valence electrons. The van der Waals surface area contributed by atoms with Gasteiger partial charge >= 0.3 is 5.97 Å². The van der Waals surface area contributed by atoms with Gasteiger partial charge in [0, 0.05) is 23.5 Å². The Balaban J connectivity index is 1.48. The number of rotatable bonds is 14. The Morgan fingerprint density at radius 1 is 0.771 bits per heavy atom. The van der Waals surface area contributed by atoms with Crippen molar-refractivity contribution in [2.24, 2.45) is 0 Å². The van der Waals surface area contributed by atoms with Crippen molar-refractivity contribution in [3.63, 3.8) is 0 Å². The van der Waals surface area contributed by atoms with E-state index in [0.29, 0.717) is 5.75 Å². The van der Waals surface area contributed by atoms with Gasteiger partial charge in [0.2, 0.25) is 0 Å². The summed E-state index contributed by atoms with van der Waals surface area (Å²) < 4.78 is 10.3. The van der Waals surface area contributed by atoms with Crippen molar-refractivity contribution < 1.29 is 14.3 Å². The highest BCUT2D eigenvalue weighted by molar-refractivity contribution is 5.74. The van der Waals surface area contributed by atoms with E-state index in [1.54, 1.807) is 6.92 Å². The maximum atomic E-state index is 11.5. The van der Waals surface area contributed by atoms with E-state index in [-0.39, 0.29) is 0 Å². The fourth-order valence-corrected chi connectivity index (χ4v) is 4.05. The molecule has 0 saturated carbocycles. The lowest BCUT2D eigenvalue weighted by molar-refractivity contribution is -0.147. The van der Waals surface area contributed by atoms with Crippen molar-refractivity contribution in [2.45, 2.75) is 77.7 Å². The molecule has 1 heterocycles. The summed E-state index contributed by atoms with van der Waals surface area (Å²) in [6.45, 7) is 3.93. The second-order valence-electron chi connectivity index (χ2n) is 9.02. The molecular weight excluding hydrogens is 436 g/mol. The lowest BCUT2D eigenvalue weighted by Crippen LogP contribution is -2.24. The van der Waals surface area contributed by atoms with Gasteiger partial charge in [-0.3, -0.25) is 0 Å². The van der Waals surface area contributed by atoms with Crippen LogP contribution in [-0.4, -0.2) is 29.2 Å². The van der Waals surface area contributed by atoms with Crippen LogP contribution in [0, 0.1) is 0 Å². The predicted molar refractivity (Wildman–Crippen MR) is 141 cm³/mol. The number of methoxy groups -OCH3 is 1. The zero-order valence-corrected chi connectivity index (χ0v) is 21.3. The third kappa shape index (κ3) is 8.50. The first-order valence-electron chi connectivity index (χ1n) is 12.9. The van der Waals surface area contributed by atoms with E-state index in [0.717, 1.165) is 28.9 Å². The molecule has 3 aromatic rings. The fourth-order valence-electron chi connectivity index (χ4n) is 4.05. The molecular formula is C30H38N2O3. The Kier molecular flexibility index (Phi) is 10.7. The van der Waals surface area contributed by atoms with E-state index in [1.165, 1.54) is 64.0 Å². The molecule has 0 spiro atoms. The Bertz CT molecular complexity index is 1010. The molecule has 0 bridgehead atoms. The summed E-state index contributed by atoms with van der Waals surface area (Å²) in [5.74, 6) is 0.926. The Hall–Kier alpha value is -3.21. The highest BCUT2D eigenvalue weighted by atomic mass is 16.6. The maximum absolute atomic E-state index is 11.5. The van der Waals surface area contributed by atoms with Crippen LogP contribution in [0.4, 0.5) is 0 Å². The molecule has 0 saturated heterocycles. The van der Waals surface area contributed by atoms with Crippen molar-refractivity contribution in [2.75, 3.05) is 7.11 Å². The van der Waals surface area contributed by atoms with E-state index >= 15 is 0 Å². The van der Waals surface area contributed by atoms with Crippen molar-refractivity contribution in [1.29, 1.82) is 0 Å². The van der Waals surface area contributed by atoms with Crippen molar-refractivity contribution in [1.82, 2.24) is 9.97 Å². The van der Waals surface area contributed by atoms with Gasteiger partial charge in [-0.25, -0.2) is 14.8 Å². The molecule has 2 aromatic carbocycles. The lowest BCUT2D eigenvalue weighted by Gasteiger charge is -2.12. The zero-order valence-electron chi connectivity index (χ0n) is 21.3. The lowest BCUT2D eigenvalue weighted by atomic mass is 10.0. The smallest absolute Gasteiger partial charge is 0.346 e. The monoisotopic (exact) mass is 474 g/mol. The Morgan fingerprint density at radius 2 is 1.34 bits per heavy atom. The first-order valence-corrected chi connectivity index (χ1v) is 12.9. The number of carbonyl (C=O) groups excluding carboxylic acids is 1. The SMILES string of the molecule is CCCCCCCCCCc1ccc(-c2ncc(-c3ccc(OC(C)C(=O)OC)cc3)cn2)cc1. The fraction of sp³-hybridized carbons (Fsp3) is 0.433. The highest BCUT2D eigenvalue weighted by Crippen LogP contribution is 2.24. The van der Waals surface area contributed by atoms with E-state index in [4.69, 9.17) is 9.47 Å². The van der Waals surface area contributed by atoms with Gasteiger partial charge in [-0.2, -0.15) is 0 Å². The standard InChI is InChI=1S/C30H38N2O3/c1-4-5-6-7-8-9-10-11-12-24-13-15-26(16-14-24)29-31-21-27(22-32-29)25-17-19-28(20-18-25)35-23(2)30(33)34-3/h13-23H,4-12H2,1-3H3. The van der Waals surface area contributed by atoms with Crippen LogP contribution in [0.15, 0.2) is 60.9 Å². The summed E-state index contributed by atoms with van der Waals surface area (Å²) in [4.78, 5) is 20.7. The summed E-state index contributed by atoms with van der Waals surface area (Å²) in [5, 5.41) is 0. The van der Waals surface area contributed by atoms with Gasteiger partial charge in [-0.1, -0.05) is 88.3 Å². The van der Waals surface area contributed by atoms with Crippen LogP contribution in [0.5, 0.6) is 5.75 Å². The van der Waals surface area contributed by atoms with Gasteiger partial charge in [0.15, 0.2) is 11.9 Å². The van der Waals surface area contributed by atoms with Crippen LogP contribution in [0.2, 0.25) is 0 Å². The van der Waals surface area contributed by atoms with E-state index in [9.17, 15) is 4.79 Å². The maximum Gasteiger partial charge on any atom is 0.346 e. The number of unbranched alkanes of at least 4 members (excludes halogenated alkanes) is 7. The number of aryl methyl sites for hydroxylation is 1. The highest BCUT2D eigenvalue weighted by Gasteiger charge is 2.14. The third-order valence-electron chi connectivity index (χ3n) is 6.22. The molecule has 0 N–H and O–H groups in total. The molecule has 0 fully saturated rings. The number of benzene rings is 2. The molecule has 0 aliphatic carbocycles. The first kappa shape index (κ1) is 26.4. The number of aromatic nitrogens is 2. The second-order valence-corrected chi connectivity index (χ2v) is 9.02. The van der Waals surface area contributed by atoms with Crippen molar-refractivity contribution >= 4 is 5.97 Å². The zero-order chi connectivity index (χ0) is 24.9. The van der Waals surface area contributed by atoms with Crippen LogP contribution < -0.4 is 4.74 Å². The number of esters is 1. The third-order valence-corrected chi connectivity index (χ3v) is 6.22. The normalized spacial score (nSPS) is 11.7. The average molecular weight is 475 g/mol. The van der Waals surface area contributed by atoms with Gasteiger partial charge < -0.3 is 9.47 Å². The summed E-state index contributed by atoms with van der Waals surface area (Å²) in [6, 6.07) is 16.1. The largest absolute Gasteiger partial charge is 0.479 e. The van der Waals surface area contributed by atoms with E-state index < -0.39 is 12.1 Å². The van der Waals surface area contributed by atoms with Gasteiger partial charge in [0.25, 0.3) is 0 Å². The molecule has 3 rings (SSSR count). The number of nitrogens with zero attached hydrogens (tertiary/aromatic N) is 2. The molecule has 0 radical (unpaired) electrons. The van der Waals surface area contributed by atoms with Crippen LogP contribution >= 0.6 is 0 Å². The molecule has 0 aliphatic rings. The predicted octanol–water partition coefficient (Wildman–Crippen LogP) is 7.43. The molecule has 5 nitrogen and oxygen atoms in total. The van der Waals surface area contributed by atoms with Crippen LogP contribution in [0.1, 0.15) is 70.8 Å². The average Bonchev–Trinajstić information content (AvgIpc) is 2.90. The summed E-state index contributed by atoms with van der Waals surface area (Å²) in [5.41, 5.74) is 4.31. The molecule has 5 heteroatoms. The molecule has 1 aromatic heterocycles. The number of ether oxygens (including phenoxy) is 2. The minimum absolute atomic E-state index is 0.403. The van der Waals surface area contributed by atoms with Gasteiger partial charge in [-0.05, 0) is 43.0 Å². The topological polar surface area (TPSA) is 61.3 Å². The minimum atomic E-state index is -0.653. The Labute approximate surface area is 209 Å². The molecule has 1 atom stereocenters. The summed E-state index contributed by atoms with van der Waals surface area (Å²) in [6.07, 6.45) is 14.9. The number of hydrogen-bond donors (Lipinski definition) is 0. The second kappa shape index (κ2) is 14.2. The van der Waals surface area contributed by atoms with E-state index in [1.807, 2.05) is 36.7 Å². The summed E-state index contributed by atoms with van der Waals surface area (Å²) in [7, 11) is 1.35. The molecule has 0 amide bonds. The number of carbonyl (C=O) groups is 1. The molecule has 1 unspecified atom stereocenters. The van der Waals surface area contributed by atoms with Crippen LogP contribution in [-0.2, 0) is 16.0 Å². The van der Waals surface area contributed by atoms with E-state index in [2.05, 4.69) is 41.2 Å². The summed E-state index contributed by atoms with van der Waals surface area (Å²) >= 11 is 0. The minimum Gasteiger partial charge on any atom is -0.479 e. The molecule has 35 heavy (non-hydrogen) atoms. The molecule has 0 aliphatic heterocycles. The Morgan fingerprint density at radius 3 is 1.94 bits per heavy atom. The number of hydrogen-bond acceptors (Lipinski definition) is 5. The van der Waals surface area contributed by atoms with Crippen LogP contribution in [0.25, 0.3) is 22.5 Å². The van der Waals surface area contributed by atoms with Crippen molar-refractivity contribution in [3.05, 3.63) is 66.5 Å². The van der Waals surface area contributed by atoms with Gasteiger partial charge in [-0.15, -0.1) is 0 Å². The van der Waals surface area contributed by atoms with Gasteiger partial charge in [0.1, 0.15) is 5.75 Å². The van der Waals surface area contributed by atoms with Crippen LogP contribution in [0.3, 0.4) is 0 Å². The van der Waals surface area contributed by atoms with Gasteiger partial charge in [0.05, 0.1) is 7.11 Å². The van der Waals surface area contributed by atoms with Crippen molar-refractivity contribution in [3.8, 4) is 28.3 Å². The quantitative estimate of drug-likeness (QED) is 0.179. The first-order chi connectivity index (χ1) is 17.1.